The molecule has 0 fully saturated rings. The Labute approximate surface area is 148 Å². The van der Waals surface area contributed by atoms with Gasteiger partial charge in [0, 0.05) is 12.4 Å². The van der Waals surface area contributed by atoms with E-state index < -0.39 is 17.2 Å². The maximum absolute atomic E-state index is 12.5. The van der Waals surface area contributed by atoms with Crippen LogP contribution in [0.5, 0.6) is 5.75 Å². The summed E-state index contributed by atoms with van der Waals surface area (Å²) in [6, 6.07) is 11.3. The second kappa shape index (κ2) is 6.75. The molecule has 0 saturated heterocycles. The Morgan fingerprint density at radius 3 is 2.16 bits per heavy atom. The molecule has 1 atom stereocenters. The van der Waals surface area contributed by atoms with Crippen LogP contribution in [0.3, 0.4) is 0 Å². The van der Waals surface area contributed by atoms with Gasteiger partial charge < -0.3 is 14.3 Å². The van der Waals surface area contributed by atoms with Gasteiger partial charge in [0.1, 0.15) is 23.2 Å². The Bertz CT molecular complexity index is 794. The molecule has 0 spiro atoms. The first-order valence-electron chi connectivity index (χ1n) is 8.13. The van der Waals surface area contributed by atoms with Crippen LogP contribution < -0.4 is 4.74 Å². The number of carbonyl (C=O) groups excluding carboxylic acids is 2. The SMILES string of the molecule is COc1ccc(C(C)(C=O)N(C)C(=O)OC(C)(C)C)c2ccccc12. The van der Waals surface area contributed by atoms with E-state index in [0.717, 1.165) is 17.1 Å². The first kappa shape index (κ1) is 18.8. The molecule has 0 heterocycles. The van der Waals surface area contributed by atoms with E-state index in [2.05, 4.69) is 0 Å². The zero-order chi connectivity index (χ0) is 18.8. The van der Waals surface area contributed by atoms with Crippen LogP contribution in [0.25, 0.3) is 10.8 Å². The monoisotopic (exact) mass is 343 g/mol. The molecule has 0 aliphatic carbocycles. The average molecular weight is 343 g/mol. The van der Waals surface area contributed by atoms with Crippen LogP contribution in [0, 0.1) is 0 Å². The summed E-state index contributed by atoms with van der Waals surface area (Å²) in [5.41, 5.74) is -1.10. The molecule has 2 aromatic carbocycles. The number of ether oxygens (including phenoxy) is 2. The van der Waals surface area contributed by atoms with E-state index in [4.69, 9.17) is 9.47 Å². The van der Waals surface area contributed by atoms with Gasteiger partial charge in [-0.1, -0.05) is 30.3 Å². The maximum atomic E-state index is 12.5. The summed E-state index contributed by atoms with van der Waals surface area (Å²) in [7, 11) is 3.18. The van der Waals surface area contributed by atoms with Crippen LogP contribution in [0.1, 0.15) is 33.3 Å². The molecule has 0 N–H and O–H groups in total. The predicted molar refractivity (Wildman–Crippen MR) is 97.9 cm³/mol. The fourth-order valence-electron chi connectivity index (χ4n) is 2.73. The molecule has 5 heteroatoms. The lowest BCUT2D eigenvalue weighted by Gasteiger charge is -2.36. The molecular weight excluding hydrogens is 318 g/mol. The summed E-state index contributed by atoms with van der Waals surface area (Å²) < 4.78 is 10.8. The fourth-order valence-corrected chi connectivity index (χ4v) is 2.73. The summed E-state index contributed by atoms with van der Waals surface area (Å²) in [6.45, 7) is 7.08. The quantitative estimate of drug-likeness (QED) is 0.783. The molecule has 2 aromatic rings. The molecule has 0 aromatic heterocycles. The Morgan fingerprint density at radius 2 is 1.64 bits per heavy atom. The third-order valence-corrected chi connectivity index (χ3v) is 4.24. The largest absolute Gasteiger partial charge is 0.496 e. The van der Waals surface area contributed by atoms with E-state index in [1.165, 1.54) is 4.90 Å². The van der Waals surface area contributed by atoms with E-state index in [0.29, 0.717) is 11.3 Å². The number of nitrogens with zero attached hydrogens (tertiary/aromatic N) is 1. The van der Waals surface area contributed by atoms with Gasteiger partial charge in [-0.05, 0) is 44.7 Å². The highest BCUT2D eigenvalue weighted by Gasteiger charge is 2.38. The Morgan fingerprint density at radius 1 is 1.04 bits per heavy atom. The maximum Gasteiger partial charge on any atom is 0.411 e. The molecule has 1 amide bonds. The Kier molecular flexibility index (Phi) is 5.07. The van der Waals surface area contributed by atoms with Crippen LogP contribution in [-0.2, 0) is 15.1 Å². The molecule has 0 radical (unpaired) electrons. The average Bonchev–Trinajstić information content (AvgIpc) is 2.57. The van der Waals surface area contributed by atoms with Crippen molar-refractivity contribution in [1.82, 2.24) is 4.90 Å². The van der Waals surface area contributed by atoms with Gasteiger partial charge in [-0.2, -0.15) is 0 Å². The van der Waals surface area contributed by atoms with Crippen molar-refractivity contribution in [2.45, 2.75) is 38.8 Å². The molecular formula is C20H25NO4. The third-order valence-electron chi connectivity index (χ3n) is 4.24. The van der Waals surface area contributed by atoms with Crippen molar-refractivity contribution in [3.63, 3.8) is 0 Å². The van der Waals surface area contributed by atoms with Gasteiger partial charge in [0.25, 0.3) is 0 Å². The summed E-state index contributed by atoms with van der Waals surface area (Å²) >= 11 is 0. The summed E-state index contributed by atoms with van der Waals surface area (Å²) in [4.78, 5) is 25.9. The summed E-state index contributed by atoms with van der Waals surface area (Å²) in [5, 5.41) is 1.74. The van der Waals surface area contributed by atoms with Gasteiger partial charge in [0.05, 0.1) is 7.11 Å². The minimum absolute atomic E-state index is 0.554. The number of rotatable bonds is 4. The topological polar surface area (TPSA) is 55.8 Å². The molecule has 0 saturated carbocycles. The highest BCUT2D eigenvalue weighted by atomic mass is 16.6. The highest BCUT2D eigenvalue weighted by molar-refractivity contribution is 5.95. The third kappa shape index (κ3) is 3.60. The van der Waals surface area contributed by atoms with E-state index in [9.17, 15) is 9.59 Å². The van der Waals surface area contributed by atoms with Crippen LogP contribution in [0.15, 0.2) is 36.4 Å². The fraction of sp³-hybridized carbons (Fsp3) is 0.400. The van der Waals surface area contributed by atoms with Gasteiger partial charge in [-0.25, -0.2) is 4.79 Å². The van der Waals surface area contributed by atoms with Crippen molar-refractivity contribution in [2.75, 3.05) is 14.2 Å². The number of benzene rings is 2. The molecule has 0 bridgehead atoms. The number of carbonyl (C=O) groups is 2. The molecule has 0 aliphatic rings. The van der Waals surface area contributed by atoms with Gasteiger partial charge in [-0.3, -0.25) is 4.90 Å². The first-order chi connectivity index (χ1) is 11.6. The van der Waals surface area contributed by atoms with E-state index in [1.54, 1.807) is 41.9 Å². The second-order valence-electron chi connectivity index (χ2n) is 7.17. The van der Waals surface area contributed by atoms with Crippen LogP contribution in [0.2, 0.25) is 0 Å². The van der Waals surface area contributed by atoms with Crippen LogP contribution in [-0.4, -0.2) is 37.0 Å². The number of methoxy groups -OCH3 is 1. The normalized spacial score (nSPS) is 13.8. The van der Waals surface area contributed by atoms with E-state index in [-0.39, 0.29) is 0 Å². The predicted octanol–water partition coefficient (Wildman–Crippen LogP) is 4.13. The number of likely N-dealkylation sites (N-methyl/N-ethyl adjacent to an activating group) is 1. The molecule has 0 aliphatic heterocycles. The number of hydrogen-bond donors (Lipinski definition) is 0. The lowest BCUT2D eigenvalue weighted by Crippen LogP contribution is -2.48. The standard InChI is InChI=1S/C20H25NO4/c1-19(2,3)25-18(23)21(5)20(4,13-22)16-11-12-17(24-6)15-10-8-7-9-14(15)16/h7-13H,1-6H3. The summed E-state index contributed by atoms with van der Waals surface area (Å²) in [5.74, 6) is 0.715. The van der Waals surface area contributed by atoms with Crippen molar-refractivity contribution in [1.29, 1.82) is 0 Å². The minimum atomic E-state index is -1.17. The number of fused-ring (bicyclic) bond motifs is 1. The lowest BCUT2D eigenvalue weighted by atomic mass is 9.87. The van der Waals surface area contributed by atoms with Crippen LogP contribution in [0.4, 0.5) is 4.79 Å². The van der Waals surface area contributed by atoms with Crippen molar-refractivity contribution in [3.05, 3.63) is 42.0 Å². The second-order valence-corrected chi connectivity index (χ2v) is 7.17. The summed E-state index contributed by atoms with van der Waals surface area (Å²) in [6.07, 6.45) is 0.215. The first-order valence-corrected chi connectivity index (χ1v) is 8.13. The molecule has 134 valence electrons. The lowest BCUT2D eigenvalue weighted by molar-refractivity contribution is -0.117. The molecule has 5 nitrogen and oxygen atoms in total. The zero-order valence-corrected chi connectivity index (χ0v) is 15.6. The Hall–Kier alpha value is -2.56. The van der Waals surface area contributed by atoms with Crippen molar-refractivity contribution in [3.8, 4) is 5.75 Å². The highest BCUT2D eigenvalue weighted by Crippen LogP contribution is 2.36. The van der Waals surface area contributed by atoms with Crippen LogP contribution >= 0.6 is 0 Å². The smallest absolute Gasteiger partial charge is 0.411 e. The molecule has 25 heavy (non-hydrogen) atoms. The minimum Gasteiger partial charge on any atom is -0.496 e. The number of hydrogen-bond acceptors (Lipinski definition) is 4. The van der Waals surface area contributed by atoms with Gasteiger partial charge in [0.15, 0.2) is 0 Å². The Balaban J connectivity index is 2.58. The van der Waals surface area contributed by atoms with Gasteiger partial charge in [0.2, 0.25) is 0 Å². The number of aldehydes is 1. The van der Waals surface area contributed by atoms with E-state index in [1.807, 2.05) is 36.4 Å². The molecule has 1 unspecified atom stereocenters. The van der Waals surface area contributed by atoms with Crippen molar-refractivity contribution >= 4 is 23.2 Å². The van der Waals surface area contributed by atoms with Crippen molar-refractivity contribution < 1.29 is 19.1 Å². The zero-order valence-electron chi connectivity index (χ0n) is 15.6. The van der Waals surface area contributed by atoms with Gasteiger partial charge >= 0.3 is 6.09 Å². The van der Waals surface area contributed by atoms with E-state index >= 15 is 0 Å². The van der Waals surface area contributed by atoms with Crippen molar-refractivity contribution in [2.24, 2.45) is 0 Å². The van der Waals surface area contributed by atoms with Gasteiger partial charge in [-0.15, -0.1) is 0 Å². The number of amides is 1. The molecule has 2 rings (SSSR count).